The van der Waals surface area contributed by atoms with Crippen LogP contribution in [0.1, 0.15) is 32.3 Å². The maximum absolute atomic E-state index is 11.7. The van der Waals surface area contributed by atoms with Crippen molar-refractivity contribution >= 4 is 22.8 Å². The summed E-state index contributed by atoms with van der Waals surface area (Å²) in [5.41, 5.74) is 1.30. The molecule has 0 aliphatic carbocycles. The largest absolute Gasteiger partial charge is 0.364 e. The van der Waals surface area contributed by atoms with Gasteiger partial charge in [0.2, 0.25) is 0 Å². The Morgan fingerprint density at radius 2 is 1.95 bits per heavy atom. The summed E-state index contributed by atoms with van der Waals surface area (Å²) in [5.74, 6) is 0.722. The SMILES string of the molecule is CC(C)[C@@H]1SC(NC[C@H](C)c2ccccc2)=NC1=O. The van der Waals surface area contributed by atoms with Gasteiger partial charge in [-0.25, -0.2) is 0 Å². The number of nitrogens with zero attached hydrogens (tertiary/aromatic N) is 1. The second-order valence-corrected chi connectivity index (χ2v) is 6.36. The molecule has 1 aliphatic rings. The average molecular weight is 276 g/mol. The molecule has 0 spiro atoms. The van der Waals surface area contributed by atoms with Crippen LogP contribution in [0.25, 0.3) is 0 Å². The Kier molecular flexibility index (Phi) is 4.64. The second-order valence-electron chi connectivity index (χ2n) is 5.23. The van der Waals surface area contributed by atoms with E-state index in [1.165, 1.54) is 5.56 Å². The van der Waals surface area contributed by atoms with Crippen LogP contribution in [0.3, 0.4) is 0 Å². The number of benzene rings is 1. The number of aliphatic imine (C=N–C) groups is 1. The molecule has 0 saturated heterocycles. The summed E-state index contributed by atoms with van der Waals surface area (Å²) in [6.07, 6.45) is 0. The lowest BCUT2D eigenvalue weighted by molar-refractivity contribution is -0.117. The lowest BCUT2D eigenvalue weighted by atomic mass is 10.0. The van der Waals surface area contributed by atoms with Gasteiger partial charge in [0.25, 0.3) is 5.91 Å². The molecule has 0 saturated carbocycles. The molecule has 4 heteroatoms. The summed E-state index contributed by atoms with van der Waals surface area (Å²) in [6, 6.07) is 10.4. The van der Waals surface area contributed by atoms with Crippen LogP contribution in [0.15, 0.2) is 35.3 Å². The molecule has 3 nitrogen and oxygen atoms in total. The van der Waals surface area contributed by atoms with Crippen LogP contribution in [-0.2, 0) is 4.79 Å². The second kappa shape index (κ2) is 6.24. The molecule has 0 fully saturated rings. The standard InChI is InChI=1S/C15H20N2OS/c1-10(2)13-14(18)17-15(19-13)16-9-11(3)12-7-5-4-6-8-12/h4-8,10-11,13H,9H2,1-3H3,(H,16,17,18)/t11-,13-/m0/s1. The molecule has 1 heterocycles. The van der Waals surface area contributed by atoms with Gasteiger partial charge in [0, 0.05) is 6.54 Å². The maximum atomic E-state index is 11.7. The molecule has 0 unspecified atom stereocenters. The molecule has 1 aromatic carbocycles. The molecule has 2 rings (SSSR count). The molecular weight excluding hydrogens is 256 g/mol. The summed E-state index contributed by atoms with van der Waals surface area (Å²) >= 11 is 1.55. The number of thioether (sulfide) groups is 1. The topological polar surface area (TPSA) is 41.5 Å². The number of amides is 1. The van der Waals surface area contributed by atoms with Crippen LogP contribution >= 0.6 is 11.8 Å². The highest BCUT2D eigenvalue weighted by molar-refractivity contribution is 8.15. The van der Waals surface area contributed by atoms with Crippen LogP contribution in [0.4, 0.5) is 0 Å². The minimum Gasteiger partial charge on any atom is -0.364 e. The van der Waals surface area contributed by atoms with Crippen molar-refractivity contribution in [1.82, 2.24) is 5.32 Å². The number of hydrogen-bond acceptors (Lipinski definition) is 3. The lowest BCUT2D eigenvalue weighted by Gasteiger charge is -2.14. The van der Waals surface area contributed by atoms with Crippen molar-refractivity contribution < 1.29 is 4.79 Å². The predicted molar refractivity (Wildman–Crippen MR) is 81.5 cm³/mol. The zero-order valence-corrected chi connectivity index (χ0v) is 12.4. The normalized spacial score (nSPS) is 20.5. The zero-order valence-electron chi connectivity index (χ0n) is 11.6. The van der Waals surface area contributed by atoms with Gasteiger partial charge in [0.1, 0.15) is 0 Å². The minimum absolute atomic E-state index is 0.00476. The first-order valence-electron chi connectivity index (χ1n) is 6.66. The molecule has 102 valence electrons. The number of amidine groups is 1. The Labute approximate surface area is 118 Å². The summed E-state index contributed by atoms with van der Waals surface area (Å²) in [7, 11) is 0. The van der Waals surface area contributed by atoms with Gasteiger partial charge in [0.15, 0.2) is 5.17 Å². The number of carbonyl (C=O) groups excluding carboxylic acids is 1. The van der Waals surface area contributed by atoms with Gasteiger partial charge < -0.3 is 5.32 Å². The van der Waals surface area contributed by atoms with E-state index in [0.717, 1.165) is 11.7 Å². The zero-order chi connectivity index (χ0) is 13.8. The molecular formula is C15H20N2OS. The van der Waals surface area contributed by atoms with Gasteiger partial charge in [-0.1, -0.05) is 62.9 Å². The first-order chi connectivity index (χ1) is 9.08. The third-order valence-electron chi connectivity index (χ3n) is 3.23. The van der Waals surface area contributed by atoms with Crippen molar-refractivity contribution in [1.29, 1.82) is 0 Å². The number of rotatable bonds is 4. The molecule has 1 aliphatic heterocycles. The average Bonchev–Trinajstić information content (AvgIpc) is 2.78. The molecule has 0 aromatic heterocycles. The van der Waals surface area contributed by atoms with E-state index in [1.807, 2.05) is 18.2 Å². The van der Waals surface area contributed by atoms with Gasteiger partial charge in [-0.2, -0.15) is 4.99 Å². The van der Waals surface area contributed by atoms with Crippen LogP contribution < -0.4 is 5.32 Å². The lowest BCUT2D eigenvalue weighted by Crippen LogP contribution is -2.25. The Morgan fingerprint density at radius 3 is 2.53 bits per heavy atom. The molecule has 1 aromatic rings. The van der Waals surface area contributed by atoms with Crippen molar-refractivity contribution in [2.75, 3.05) is 6.54 Å². The van der Waals surface area contributed by atoms with Crippen molar-refractivity contribution in [3.63, 3.8) is 0 Å². The van der Waals surface area contributed by atoms with Crippen molar-refractivity contribution in [2.24, 2.45) is 10.9 Å². The monoisotopic (exact) mass is 276 g/mol. The quantitative estimate of drug-likeness (QED) is 0.919. The predicted octanol–water partition coefficient (Wildman–Crippen LogP) is 3.03. The Hall–Kier alpha value is -1.29. The van der Waals surface area contributed by atoms with E-state index in [9.17, 15) is 4.79 Å². The van der Waals surface area contributed by atoms with Gasteiger partial charge in [-0.15, -0.1) is 0 Å². The van der Waals surface area contributed by atoms with E-state index in [0.29, 0.717) is 11.8 Å². The van der Waals surface area contributed by atoms with Crippen LogP contribution in [0, 0.1) is 5.92 Å². The number of hydrogen-bond donors (Lipinski definition) is 1. The van der Waals surface area contributed by atoms with E-state index in [-0.39, 0.29) is 11.2 Å². The molecule has 2 atom stereocenters. The highest BCUT2D eigenvalue weighted by atomic mass is 32.2. The Balaban J connectivity index is 1.87. The highest BCUT2D eigenvalue weighted by Crippen LogP contribution is 2.27. The Bertz CT molecular complexity index is 470. The summed E-state index contributed by atoms with van der Waals surface area (Å²) in [5, 5.41) is 4.04. The van der Waals surface area contributed by atoms with Crippen LogP contribution in [0.2, 0.25) is 0 Å². The van der Waals surface area contributed by atoms with Gasteiger partial charge in [0.05, 0.1) is 5.25 Å². The smallest absolute Gasteiger partial charge is 0.261 e. The van der Waals surface area contributed by atoms with Gasteiger partial charge in [-0.05, 0) is 17.4 Å². The fourth-order valence-corrected chi connectivity index (χ4v) is 2.98. The molecule has 0 radical (unpaired) electrons. The first-order valence-corrected chi connectivity index (χ1v) is 7.54. The first kappa shape index (κ1) is 14.1. The third kappa shape index (κ3) is 3.60. The van der Waals surface area contributed by atoms with E-state index < -0.39 is 0 Å². The van der Waals surface area contributed by atoms with Crippen molar-refractivity contribution in [3.8, 4) is 0 Å². The van der Waals surface area contributed by atoms with E-state index in [1.54, 1.807) is 11.8 Å². The molecule has 1 N–H and O–H groups in total. The Morgan fingerprint density at radius 1 is 1.26 bits per heavy atom. The molecule has 1 amide bonds. The van der Waals surface area contributed by atoms with Crippen LogP contribution in [0.5, 0.6) is 0 Å². The highest BCUT2D eigenvalue weighted by Gasteiger charge is 2.30. The van der Waals surface area contributed by atoms with E-state index in [4.69, 9.17) is 0 Å². The van der Waals surface area contributed by atoms with Gasteiger partial charge >= 0.3 is 0 Å². The van der Waals surface area contributed by atoms with Crippen molar-refractivity contribution in [2.45, 2.75) is 31.9 Å². The fourth-order valence-electron chi connectivity index (χ4n) is 2.00. The van der Waals surface area contributed by atoms with Crippen molar-refractivity contribution in [3.05, 3.63) is 35.9 Å². The summed E-state index contributed by atoms with van der Waals surface area (Å²) in [4.78, 5) is 15.8. The van der Waals surface area contributed by atoms with Gasteiger partial charge in [-0.3, -0.25) is 4.79 Å². The number of nitrogens with one attached hydrogen (secondary N) is 1. The summed E-state index contributed by atoms with van der Waals surface area (Å²) in [6.45, 7) is 7.08. The number of carbonyl (C=O) groups is 1. The molecule has 19 heavy (non-hydrogen) atoms. The molecule has 0 bridgehead atoms. The minimum atomic E-state index is -0.0190. The summed E-state index contributed by atoms with van der Waals surface area (Å²) < 4.78 is 0. The fraction of sp³-hybridized carbons (Fsp3) is 0.467. The van der Waals surface area contributed by atoms with Crippen LogP contribution in [-0.4, -0.2) is 22.9 Å². The van der Waals surface area contributed by atoms with E-state index >= 15 is 0 Å². The van der Waals surface area contributed by atoms with E-state index in [2.05, 4.69) is 43.2 Å². The third-order valence-corrected chi connectivity index (χ3v) is 4.69. The maximum Gasteiger partial charge on any atom is 0.261 e.